The fraction of sp³-hybridized carbons (Fsp3) is 0.278. The highest BCUT2D eigenvalue weighted by Gasteiger charge is 2.35. The Balaban J connectivity index is 1.80. The number of nitrogens with one attached hydrogen (secondary N) is 1. The molecule has 0 saturated heterocycles. The van der Waals surface area contributed by atoms with Crippen molar-refractivity contribution < 1.29 is 18.0 Å². The SMILES string of the molecule is CC[C@H](C)NC(=O)[C@@H](Cc1ccccc1)N(Cc1ccccc1C)C(=O)CN(c1ccc(C)cc1)S(=O)(=O)c1ccccc1. The molecular formula is C36H41N3O4S. The number of aryl methyl sites for hydroxylation is 2. The Morgan fingerprint density at radius 3 is 2.00 bits per heavy atom. The van der Waals surface area contributed by atoms with Gasteiger partial charge in [-0.1, -0.05) is 97.4 Å². The molecule has 0 bridgehead atoms. The monoisotopic (exact) mass is 611 g/mol. The molecule has 0 aromatic heterocycles. The van der Waals surface area contributed by atoms with E-state index in [0.717, 1.165) is 33.0 Å². The molecule has 230 valence electrons. The molecule has 0 unspecified atom stereocenters. The van der Waals surface area contributed by atoms with Crippen LogP contribution in [0.3, 0.4) is 0 Å². The molecule has 2 atom stereocenters. The van der Waals surface area contributed by atoms with Crippen LogP contribution in [0.25, 0.3) is 0 Å². The maximum atomic E-state index is 14.5. The molecule has 0 heterocycles. The van der Waals surface area contributed by atoms with Gasteiger partial charge in [0.1, 0.15) is 12.6 Å². The summed E-state index contributed by atoms with van der Waals surface area (Å²) >= 11 is 0. The van der Waals surface area contributed by atoms with Crippen molar-refractivity contribution in [3.63, 3.8) is 0 Å². The number of hydrogen-bond acceptors (Lipinski definition) is 4. The number of rotatable bonds is 13. The maximum absolute atomic E-state index is 14.5. The van der Waals surface area contributed by atoms with Crippen molar-refractivity contribution in [1.82, 2.24) is 10.2 Å². The Labute approximate surface area is 261 Å². The van der Waals surface area contributed by atoms with Gasteiger partial charge in [-0.3, -0.25) is 13.9 Å². The van der Waals surface area contributed by atoms with Crippen LogP contribution in [-0.2, 0) is 32.6 Å². The molecule has 0 radical (unpaired) electrons. The Kier molecular flexibility index (Phi) is 11.0. The van der Waals surface area contributed by atoms with Crippen molar-refractivity contribution >= 4 is 27.5 Å². The van der Waals surface area contributed by atoms with Crippen LogP contribution in [0, 0.1) is 13.8 Å². The number of carbonyl (C=O) groups excluding carboxylic acids is 2. The van der Waals surface area contributed by atoms with Crippen molar-refractivity contribution in [1.29, 1.82) is 0 Å². The van der Waals surface area contributed by atoms with E-state index in [-0.39, 0.29) is 29.8 Å². The third-order valence-electron chi connectivity index (χ3n) is 7.81. The molecule has 4 rings (SSSR count). The lowest BCUT2D eigenvalue weighted by atomic mass is 10.0. The summed E-state index contributed by atoms with van der Waals surface area (Å²) in [6, 6.07) is 31.4. The summed E-state index contributed by atoms with van der Waals surface area (Å²) in [6.07, 6.45) is 1.00. The van der Waals surface area contributed by atoms with Gasteiger partial charge in [-0.25, -0.2) is 8.42 Å². The van der Waals surface area contributed by atoms with E-state index in [1.54, 1.807) is 30.3 Å². The van der Waals surface area contributed by atoms with Crippen LogP contribution in [-0.4, -0.2) is 43.8 Å². The van der Waals surface area contributed by atoms with E-state index in [1.807, 2.05) is 94.4 Å². The zero-order valence-corrected chi connectivity index (χ0v) is 26.6. The van der Waals surface area contributed by atoms with E-state index in [2.05, 4.69) is 5.32 Å². The number of sulfonamides is 1. The molecule has 1 N–H and O–H groups in total. The van der Waals surface area contributed by atoms with Crippen LogP contribution < -0.4 is 9.62 Å². The second kappa shape index (κ2) is 14.8. The highest BCUT2D eigenvalue weighted by atomic mass is 32.2. The number of carbonyl (C=O) groups is 2. The van der Waals surface area contributed by atoms with Crippen LogP contribution >= 0.6 is 0 Å². The lowest BCUT2D eigenvalue weighted by molar-refractivity contribution is -0.140. The van der Waals surface area contributed by atoms with Crippen molar-refractivity contribution in [2.75, 3.05) is 10.8 Å². The normalized spacial score (nSPS) is 12.6. The first-order chi connectivity index (χ1) is 21.1. The van der Waals surface area contributed by atoms with Crippen molar-refractivity contribution in [2.24, 2.45) is 0 Å². The van der Waals surface area contributed by atoms with Crippen LogP contribution in [0.5, 0.6) is 0 Å². The maximum Gasteiger partial charge on any atom is 0.264 e. The van der Waals surface area contributed by atoms with E-state index in [9.17, 15) is 18.0 Å². The molecule has 0 fully saturated rings. The molecule has 4 aromatic rings. The average molecular weight is 612 g/mol. The molecule has 0 saturated carbocycles. The lowest BCUT2D eigenvalue weighted by Gasteiger charge is -2.34. The lowest BCUT2D eigenvalue weighted by Crippen LogP contribution is -2.54. The molecule has 4 aromatic carbocycles. The van der Waals surface area contributed by atoms with E-state index < -0.39 is 28.5 Å². The number of hydrogen-bond donors (Lipinski definition) is 1. The standard InChI is InChI=1S/C36H41N3O4S/c1-5-29(4)37-36(41)34(24-30-15-8-6-9-16-30)38(25-31-17-13-12-14-28(31)3)35(40)26-39(32-22-20-27(2)21-23-32)44(42,43)33-18-10-7-11-19-33/h6-23,29,34H,5,24-26H2,1-4H3,(H,37,41)/t29-,34+/m0/s1. The molecule has 0 aliphatic carbocycles. The number of nitrogens with zero attached hydrogens (tertiary/aromatic N) is 2. The minimum atomic E-state index is -4.12. The van der Waals surface area contributed by atoms with Gasteiger partial charge in [0, 0.05) is 19.0 Å². The summed E-state index contributed by atoms with van der Waals surface area (Å²) in [5, 5.41) is 3.07. The van der Waals surface area contributed by atoms with Crippen LogP contribution in [0.1, 0.15) is 42.5 Å². The number of anilines is 1. The predicted octanol–water partition coefficient (Wildman–Crippen LogP) is 6.05. The van der Waals surface area contributed by atoms with E-state index in [4.69, 9.17) is 0 Å². The number of benzene rings is 4. The highest BCUT2D eigenvalue weighted by molar-refractivity contribution is 7.92. The van der Waals surface area contributed by atoms with Gasteiger partial charge in [0.05, 0.1) is 10.6 Å². The third kappa shape index (κ3) is 8.14. The Hall–Kier alpha value is -4.43. The van der Waals surface area contributed by atoms with E-state index in [1.165, 1.54) is 17.0 Å². The van der Waals surface area contributed by atoms with Gasteiger partial charge in [-0.2, -0.15) is 0 Å². The Bertz CT molecular complexity index is 1640. The molecule has 0 aliphatic rings. The van der Waals surface area contributed by atoms with Crippen LogP contribution in [0.4, 0.5) is 5.69 Å². The largest absolute Gasteiger partial charge is 0.352 e. The predicted molar refractivity (Wildman–Crippen MR) is 176 cm³/mol. The third-order valence-corrected chi connectivity index (χ3v) is 9.59. The van der Waals surface area contributed by atoms with Gasteiger partial charge in [-0.15, -0.1) is 0 Å². The first-order valence-corrected chi connectivity index (χ1v) is 16.4. The van der Waals surface area contributed by atoms with Crippen molar-refractivity contribution in [2.45, 2.75) is 64.1 Å². The quantitative estimate of drug-likeness (QED) is 0.199. The van der Waals surface area contributed by atoms with Crippen LogP contribution in [0.15, 0.2) is 114 Å². The average Bonchev–Trinajstić information content (AvgIpc) is 3.03. The highest BCUT2D eigenvalue weighted by Crippen LogP contribution is 2.26. The molecular weight excluding hydrogens is 570 g/mol. The van der Waals surface area contributed by atoms with Gasteiger partial charge < -0.3 is 10.2 Å². The molecule has 2 amide bonds. The van der Waals surface area contributed by atoms with E-state index >= 15 is 0 Å². The topological polar surface area (TPSA) is 86.8 Å². The summed E-state index contributed by atoms with van der Waals surface area (Å²) in [5.74, 6) is -0.758. The fourth-order valence-electron chi connectivity index (χ4n) is 4.93. The van der Waals surface area contributed by atoms with Gasteiger partial charge in [-0.05, 0) is 68.1 Å². The minimum Gasteiger partial charge on any atom is -0.352 e. The molecule has 0 spiro atoms. The number of amides is 2. The Morgan fingerprint density at radius 1 is 0.795 bits per heavy atom. The summed E-state index contributed by atoms with van der Waals surface area (Å²) in [4.78, 5) is 30.0. The van der Waals surface area contributed by atoms with Crippen molar-refractivity contribution in [3.8, 4) is 0 Å². The zero-order chi connectivity index (χ0) is 31.7. The fourth-order valence-corrected chi connectivity index (χ4v) is 6.36. The van der Waals surface area contributed by atoms with Crippen LogP contribution in [0.2, 0.25) is 0 Å². The summed E-state index contributed by atoms with van der Waals surface area (Å²) in [6.45, 7) is 7.46. The van der Waals surface area contributed by atoms with Gasteiger partial charge in [0.15, 0.2) is 0 Å². The van der Waals surface area contributed by atoms with Gasteiger partial charge in [0.2, 0.25) is 11.8 Å². The summed E-state index contributed by atoms with van der Waals surface area (Å²) in [5.41, 5.74) is 4.07. The van der Waals surface area contributed by atoms with E-state index in [0.29, 0.717) is 5.69 Å². The zero-order valence-electron chi connectivity index (χ0n) is 25.8. The second-order valence-corrected chi connectivity index (χ2v) is 13.0. The first kappa shape index (κ1) is 32.5. The summed E-state index contributed by atoms with van der Waals surface area (Å²) < 4.78 is 29.2. The second-order valence-electron chi connectivity index (χ2n) is 11.1. The Morgan fingerprint density at radius 2 is 1.39 bits per heavy atom. The first-order valence-electron chi connectivity index (χ1n) is 14.9. The van der Waals surface area contributed by atoms with Gasteiger partial charge in [0.25, 0.3) is 10.0 Å². The van der Waals surface area contributed by atoms with Crippen molar-refractivity contribution in [3.05, 3.63) is 131 Å². The summed E-state index contributed by atoms with van der Waals surface area (Å²) in [7, 11) is -4.12. The minimum absolute atomic E-state index is 0.0779. The molecule has 7 nitrogen and oxygen atoms in total. The van der Waals surface area contributed by atoms with Gasteiger partial charge >= 0.3 is 0 Å². The smallest absolute Gasteiger partial charge is 0.264 e. The molecule has 44 heavy (non-hydrogen) atoms. The molecule has 8 heteroatoms. The molecule has 0 aliphatic heterocycles.